The monoisotopic (exact) mass is 201 g/mol. The Labute approximate surface area is 84.7 Å². The van der Waals surface area contributed by atoms with Crippen molar-refractivity contribution in [1.82, 2.24) is 5.32 Å². The zero-order valence-corrected chi connectivity index (χ0v) is 8.88. The van der Waals surface area contributed by atoms with Crippen LogP contribution in [-0.4, -0.2) is 23.0 Å². The molecule has 0 aliphatic carbocycles. The molecule has 0 rings (SSSR count). The van der Waals surface area contributed by atoms with Crippen LogP contribution in [0.1, 0.15) is 46.0 Å². The summed E-state index contributed by atoms with van der Waals surface area (Å²) >= 11 is 0. The van der Waals surface area contributed by atoms with E-state index in [4.69, 9.17) is 5.11 Å². The van der Waals surface area contributed by atoms with Crippen LogP contribution >= 0.6 is 0 Å². The number of carboxylic acids is 1. The lowest BCUT2D eigenvalue weighted by Crippen LogP contribution is -2.32. The van der Waals surface area contributed by atoms with Crippen molar-refractivity contribution in [1.29, 1.82) is 0 Å². The van der Waals surface area contributed by atoms with Crippen LogP contribution in [0.2, 0.25) is 0 Å². The quantitative estimate of drug-likeness (QED) is 0.656. The van der Waals surface area contributed by atoms with Gasteiger partial charge in [-0.1, -0.05) is 19.8 Å². The van der Waals surface area contributed by atoms with Crippen molar-refractivity contribution in [3.63, 3.8) is 0 Å². The van der Waals surface area contributed by atoms with Crippen LogP contribution in [0, 0.1) is 0 Å². The Kier molecular flexibility index (Phi) is 6.80. The SMILES string of the molecule is CCCCC(C)NC(=O)CCC(=O)O. The molecule has 0 spiro atoms. The van der Waals surface area contributed by atoms with Crippen LogP contribution in [0.4, 0.5) is 0 Å². The minimum Gasteiger partial charge on any atom is -0.481 e. The van der Waals surface area contributed by atoms with Crippen LogP contribution < -0.4 is 5.32 Å². The minimum absolute atomic E-state index is 0.0752. The molecule has 0 radical (unpaired) electrons. The highest BCUT2D eigenvalue weighted by Gasteiger charge is 2.08. The van der Waals surface area contributed by atoms with Crippen molar-refractivity contribution in [2.45, 2.75) is 52.0 Å². The van der Waals surface area contributed by atoms with E-state index < -0.39 is 5.97 Å². The van der Waals surface area contributed by atoms with Gasteiger partial charge < -0.3 is 10.4 Å². The van der Waals surface area contributed by atoms with E-state index >= 15 is 0 Å². The maximum Gasteiger partial charge on any atom is 0.303 e. The van der Waals surface area contributed by atoms with E-state index in [-0.39, 0.29) is 24.8 Å². The Morgan fingerprint density at radius 1 is 1.36 bits per heavy atom. The summed E-state index contributed by atoms with van der Waals surface area (Å²) in [6, 6.07) is 0.149. The molecule has 0 aromatic heterocycles. The third-order valence-electron chi connectivity index (χ3n) is 1.96. The fraction of sp³-hybridized carbons (Fsp3) is 0.800. The number of hydrogen-bond donors (Lipinski definition) is 2. The second-order valence-electron chi connectivity index (χ2n) is 3.50. The van der Waals surface area contributed by atoms with Gasteiger partial charge >= 0.3 is 5.97 Å². The van der Waals surface area contributed by atoms with Gasteiger partial charge in [-0.05, 0) is 13.3 Å². The molecule has 2 N–H and O–H groups in total. The van der Waals surface area contributed by atoms with E-state index in [0.717, 1.165) is 19.3 Å². The van der Waals surface area contributed by atoms with E-state index in [0.29, 0.717) is 0 Å². The topological polar surface area (TPSA) is 66.4 Å². The average Bonchev–Trinajstić information content (AvgIpc) is 2.11. The number of aliphatic carboxylic acids is 1. The molecule has 0 saturated carbocycles. The van der Waals surface area contributed by atoms with Crippen LogP contribution in [-0.2, 0) is 9.59 Å². The second kappa shape index (κ2) is 7.35. The number of carboxylic acid groups (broad SMARTS) is 1. The molecule has 0 fully saturated rings. The summed E-state index contributed by atoms with van der Waals surface area (Å²) in [5, 5.41) is 11.1. The molecule has 4 nitrogen and oxygen atoms in total. The third kappa shape index (κ3) is 7.58. The van der Waals surface area contributed by atoms with Crippen molar-refractivity contribution in [3.05, 3.63) is 0 Å². The number of amides is 1. The molecule has 82 valence electrons. The fourth-order valence-electron chi connectivity index (χ4n) is 1.15. The summed E-state index contributed by atoms with van der Waals surface area (Å²) in [7, 11) is 0. The van der Waals surface area contributed by atoms with Gasteiger partial charge in [0.25, 0.3) is 0 Å². The van der Waals surface area contributed by atoms with Gasteiger partial charge in [0.15, 0.2) is 0 Å². The van der Waals surface area contributed by atoms with E-state index in [1.54, 1.807) is 0 Å². The summed E-state index contributed by atoms with van der Waals surface area (Å²) in [6.45, 7) is 4.04. The summed E-state index contributed by atoms with van der Waals surface area (Å²) in [5.41, 5.74) is 0. The molecule has 0 aromatic carbocycles. The van der Waals surface area contributed by atoms with Crippen molar-refractivity contribution in [3.8, 4) is 0 Å². The van der Waals surface area contributed by atoms with Gasteiger partial charge in [0.05, 0.1) is 6.42 Å². The molecular formula is C10H19NO3. The van der Waals surface area contributed by atoms with Crippen LogP contribution in [0.5, 0.6) is 0 Å². The standard InChI is InChI=1S/C10H19NO3/c1-3-4-5-8(2)11-9(12)6-7-10(13)14/h8H,3-7H2,1-2H3,(H,11,12)(H,13,14). The lowest BCUT2D eigenvalue weighted by molar-refractivity contribution is -0.138. The number of nitrogens with one attached hydrogen (secondary N) is 1. The predicted molar refractivity (Wildman–Crippen MR) is 54.0 cm³/mol. The molecule has 14 heavy (non-hydrogen) atoms. The van der Waals surface area contributed by atoms with Crippen molar-refractivity contribution >= 4 is 11.9 Å². The Hall–Kier alpha value is -1.06. The minimum atomic E-state index is -0.929. The Bertz CT molecular complexity index is 192. The molecule has 0 aromatic rings. The van der Waals surface area contributed by atoms with E-state index in [9.17, 15) is 9.59 Å². The highest BCUT2D eigenvalue weighted by Crippen LogP contribution is 2.00. The highest BCUT2D eigenvalue weighted by atomic mass is 16.4. The molecule has 0 bridgehead atoms. The molecular weight excluding hydrogens is 182 g/mol. The zero-order chi connectivity index (χ0) is 11.0. The molecule has 4 heteroatoms. The van der Waals surface area contributed by atoms with Gasteiger partial charge in [0.1, 0.15) is 0 Å². The zero-order valence-electron chi connectivity index (χ0n) is 8.88. The van der Waals surface area contributed by atoms with Crippen molar-refractivity contribution in [2.75, 3.05) is 0 Å². The molecule has 0 saturated heterocycles. The predicted octanol–water partition coefficient (Wildman–Crippen LogP) is 1.55. The summed E-state index contributed by atoms with van der Waals surface area (Å²) < 4.78 is 0. The maximum absolute atomic E-state index is 11.1. The van der Waals surface area contributed by atoms with E-state index in [1.165, 1.54) is 0 Å². The average molecular weight is 201 g/mol. The van der Waals surface area contributed by atoms with Crippen LogP contribution in [0.3, 0.4) is 0 Å². The highest BCUT2D eigenvalue weighted by molar-refractivity contribution is 5.80. The Morgan fingerprint density at radius 2 is 2.00 bits per heavy atom. The smallest absolute Gasteiger partial charge is 0.303 e. The summed E-state index contributed by atoms with van der Waals surface area (Å²) in [6.07, 6.45) is 3.13. The van der Waals surface area contributed by atoms with Crippen molar-refractivity contribution < 1.29 is 14.7 Å². The molecule has 0 aliphatic heterocycles. The van der Waals surface area contributed by atoms with Crippen LogP contribution in [0.15, 0.2) is 0 Å². The lowest BCUT2D eigenvalue weighted by Gasteiger charge is -2.12. The van der Waals surface area contributed by atoms with Crippen LogP contribution in [0.25, 0.3) is 0 Å². The number of hydrogen-bond acceptors (Lipinski definition) is 2. The van der Waals surface area contributed by atoms with Gasteiger partial charge in [-0.3, -0.25) is 9.59 Å². The molecule has 1 atom stereocenters. The largest absolute Gasteiger partial charge is 0.481 e. The summed E-state index contributed by atoms with van der Waals surface area (Å²) in [4.78, 5) is 21.3. The maximum atomic E-state index is 11.1. The first-order valence-corrected chi connectivity index (χ1v) is 5.07. The third-order valence-corrected chi connectivity index (χ3v) is 1.96. The fourth-order valence-corrected chi connectivity index (χ4v) is 1.15. The first-order chi connectivity index (χ1) is 6.56. The first kappa shape index (κ1) is 12.9. The van der Waals surface area contributed by atoms with Gasteiger partial charge in [0, 0.05) is 12.5 Å². The molecule has 0 aliphatic rings. The number of rotatable bonds is 7. The van der Waals surface area contributed by atoms with Gasteiger partial charge in [0.2, 0.25) is 5.91 Å². The lowest BCUT2D eigenvalue weighted by atomic mass is 10.1. The first-order valence-electron chi connectivity index (χ1n) is 5.07. The normalized spacial score (nSPS) is 12.1. The van der Waals surface area contributed by atoms with E-state index in [2.05, 4.69) is 12.2 Å². The summed E-state index contributed by atoms with van der Waals surface area (Å²) in [5.74, 6) is -1.10. The van der Waals surface area contributed by atoms with Gasteiger partial charge in [-0.15, -0.1) is 0 Å². The second-order valence-corrected chi connectivity index (χ2v) is 3.50. The number of unbranched alkanes of at least 4 members (excludes halogenated alkanes) is 1. The molecule has 1 unspecified atom stereocenters. The van der Waals surface area contributed by atoms with Crippen molar-refractivity contribution in [2.24, 2.45) is 0 Å². The Morgan fingerprint density at radius 3 is 2.50 bits per heavy atom. The number of carbonyl (C=O) groups is 2. The Balaban J connectivity index is 3.55. The molecule has 0 heterocycles. The molecule has 1 amide bonds. The van der Waals surface area contributed by atoms with E-state index in [1.807, 2.05) is 6.92 Å². The van der Waals surface area contributed by atoms with Gasteiger partial charge in [-0.2, -0.15) is 0 Å². The number of carbonyl (C=O) groups excluding carboxylic acids is 1. The van der Waals surface area contributed by atoms with Gasteiger partial charge in [-0.25, -0.2) is 0 Å².